The van der Waals surface area contributed by atoms with Crippen LogP contribution in [-0.2, 0) is 16.1 Å². The second-order valence-corrected chi connectivity index (χ2v) is 9.30. The Labute approximate surface area is 203 Å². The SMILES string of the molecule is COc1ccc(N2C[C@@H](C(=O)N3CCN(Cc4cc(=O)oc5cc(C)ccc45)CC3)CC2=O)cc1. The fourth-order valence-electron chi connectivity index (χ4n) is 4.98. The lowest BCUT2D eigenvalue weighted by Gasteiger charge is -2.36. The van der Waals surface area contributed by atoms with E-state index in [0.717, 1.165) is 28.0 Å². The van der Waals surface area contributed by atoms with Gasteiger partial charge >= 0.3 is 5.63 Å². The molecule has 0 spiro atoms. The molecule has 0 saturated carbocycles. The average molecular weight is 476 g/mol. The van der Waals surface area contributed by atoms with Gasteiger partial charge in [0.05, 0.1) is 13.0 Å². The van der Waals surface area contributed by atoms with Crippen LogP contribution in [0, 0.1) is 12.8 Å². The van der Waals surface area contributed by atoms with Crippen molar-refractivity contribution in [2.75, 3.05) is 44.7 Å². The van der Waals surface area contributed by atoms with Crippen molar-refractivity contribution < 1.29 is 18.7 Å². The molecule has 2 aliphatic rings. The van der Waals surface area contributed by atoms with Gasteiger partial charge in [-0.15, -0.1) is 0 Å². The molecular formula is C27H29N3O5. The first-order valence-electron chi connectivity index (χ1n) is 11.9. The summed E-state index contributed by atoms with van der Waals surface area (Å²) in [7, 11) is 1.60. The van der Waals surface area contributed by atoms with E-state index < -0.39 is 0 Å². The van der Waals surface area contributed by atoms with Crippen molar-refractivity contribution >= 4 is 28.5 Å². The van der Waals surface area contributed by atoms with Crippen molar-refractivity contribution in [3.05, 3.63) is 70.1 Å². The number of ether oxygens (including phenoxy) is 1. The molecule has 182 valence electrons. The maximum atomic E-state index is 13.2. The molecule has 3 aromatic rings. The molecule has 0 aliphatic carbocycles. The first-order valence-corrected chi connectivity index (χ1v) is 11.9. The Bertz CT molecular complexity index is 1310. The van der Waals surface area contributed by atoms with E-state index in [-0.39, 0.29) is 29.8 Å². The number of amides is 2. The monoisotopic (exact) mass is 475 g/mol. The summed E-state index contributed by atoms with van der Waals surface area (Å²) in [6.07, 6.45) is 0.232. The highest BCUT2D eigenvalue weighted by atomic mass is 16.5. The molecule has 2 aromatic carbocycles. The number of aryl methyl sites for hydroxylation is 1. The molecule has 35 heavy (non-hydrogen) atoms. The highest BCUT2D eigenvalue weighted by Crippen LogP contribution is 2.28. The van der Waals surface area contributed by atoms with E-state index in [9.17, 15) is 14.4 Å². The minimum absolute atomic E-state index is 0.0304. The number of benzene rings is 2. The zero-order valence-electron chi connectivity index (χ0n) is 20.0. The number of piperazine rings is 1. The van der Waals surface area contributed by atoms with Crippen molar-refractivity contribution in [3.63, 3.8) is 0 Å². The summed E-state index contributed by atoms with van der Waals surface area (Å²) in [4.78, 5) is 43.7. The van der Waals surface area contributed by atoms with Crippen LogP contribution in [-0.4, -0.2) is 61.4 Å². The van der Waals surface area contributed by atoms with Crippen LogP contribution in [0.5, 0.6) is 5.75 Å². The Balaban J connectivity index is 1.20. The van der Waals surface area contributed by atoms with Crippen LogP contribution in [0.25, 0.3) is 11.0 Å². The number of rotatable bonds is 5. The third-order valence-electron chi connectivity index (χ3n) is 6.92. The molecule has 0 unspecified atom stereocenters. The van der Waals surface area contributed by atoms with Crippen LogP contribution in [0.3, 0.4) is 0 Å². The quantitative estimate of drug-likeness (QED) is 0.528. The van der Waals surface area contributed by atoms with Crippen molar-refractivity contribution in [1.82, 2.24) is 9.80 Å². The van der Waals surface area contributed by atoms with E-state index in [1.165, 1.54) is 0 Å². The largest absolute Gasteiger partial charge is 0.497 e. The van der Waals surface area contributed by atoms with Crippen LogP contribution in [0.4, 0.5) is 5.69 Å². The molecule has 2 fully saturated rings. The molecule has 0 bridgehead atoms. The second-order valence-electron chi connectivity index (χ2n) is 9.30. The summed E-state index contributed by atoms with van der Waals surface area (Å²) >= 11 is 0. The number of nitrogens with zero attached hydrogens (tertiary/aromatic N) is 3. The van der Waals surface area contributed by atoms with E-state index in [1.54, 1.807) is 18.1 Å². The normalized spacial score (nSPS) is 18.9. The molecule has 0 N–H and O–H groups in total. The van der Waals surface area contributed by atoms with Gasteiger partial charge in [0.25, 0.3) is 0 Å². The number of carbonyl (C=O) groups is 2. The average Bonchev–Trinajstić information content (AvgIpc) is 3.25. The summed E-state index contributed by atoms with van der Waals surface area (Å²) in [5, 5.41) is 0.941. The lowest BCUT2D eigenvalue weighted by Crippen LogP contribution is -2.50. The van der Waals surface area contributed by atoms with Gasteiger partial charge in [0.2, 0.25) is 11.8 Å². The van der Waals surface area contributed by atoms with Gasteiger partial charge in [0.1, 0.15) is 11.3 Å². The van der Waals surface area contributed by atoms with Gasteiger partial charge < -0.3 is 19.0 Å². The highest BCUT2D eigenvalue weighted by molar-refractivity contribution is 6.00. The molecule has 8 nitrogen and oxygen atoms in total. The predicted octanol–water partition coefficient (Wildman–Crippen LogP) is 2.81. The Morgan fingerprint density at radius 2 is 1.77 bits per heavy atom. The Morgan fingerprint density at radius 3 is 2.49 bits per heavy atom. The van der Waals surface area contributed by atoms with Crippen molar-refractivity contribution in [2.45, 2.75) is 19.9 Å². The number of anilines is 1. The summed E-state index contributed by atoms with van der Waals surface area (Å²) in [6, 6.07) is 14.8. The van der Waals surface area contributed by atoms with E-state index in [0.29, 0.717) is 44.9 Å². The molecule has 2 amide bonds. The molecule has 8 heteroatoms. The Hall–Kier alpha value is -3.65. The zero-order valence-corrected chi connectivity index (χ0v) is 20.0. The molecule has 5 rings (SSSR count). The molecular weight excluding hydrogens is 446 g/mol. The first-order chi connectivity index (χ1) is 16.9. The van der Waals surface area contributed by atoms with Crippen LogP contribution in [0.1, 0.15) is 17.5 Å². The third kappa shape index (κ3) is 4.79. The fraction of sp³-hybridized carbons (Fsp3) is 0.370. The fourth-order valence-corrected chi connectivity index (χ4v) is 4.98. The van der Waals surface area contributed by atoms with E-state index in [1.807, 2.05) is 54.3 Å². The lowest BCUT2D eigenvalue weighted by molar-refractivity contribution is -0.137. The van der Waals surface area contributed by atoms with Crippen LogP contribution in [0.15, 0.2) is 57.7 Å². The third-order valence-corrected chi connectivity index (χ3v) is 6.92. The molecule has 2 saturated heterocycles. The summed E-state index contributed by atoms with van der Waals surface area (Å²) in [5.74, 6) is 0.403. The van der Waals surface area contributed by atoms with Crippen molar-refractivity contribution in [2.24, 2.45) is 5.92 Å². The van der Waals surface area contributed by atoms with E-state index in [2.05, 4.69) is 4.90 Å². The number of hydrogen-bond acceptors (Lipinski definition) is 6. The van der Waals surface area contributed by atoms with Gasteiger partial charge in [-0.2, -0.15) is 0 Å². The minimum atomic E-state index is -0.348. The second kappa shape index (κ2) is 9.54. The number of fused-ring (bicyclic) bond motifs is 1. The lowest BCUT2D eigenvalue weighted by atomic mass is 10.1. The maximum Gasteiger partial charge on any atom is 0.336 e. The van der Waals surface area contributed by atoms with Gasteiger partial charge in [0, 0.05) is 62.8 Å². The van der Waals surface area contributed by atoms with Crippen LogP contribution < -0.4 is 15.3 Å². The first kappa shape index (κ1) is 23.1. The van der Waals surface area contributed by atoms with Gasteiger partial charge in [-0.05, 0) is 48.4 Å². The number of hydrogen-bond donors (Lipinski definition) is 0. The smallest absolute Gasteiger partial charge is 0.336 e. The number of carbonyl (C=O) groups excluding carboxylic acids is 2. The van der Waals surface area contributed by atoms with Crippen LogP contribution in [0.2, 0.25) is 0 Å². The van der Waals surface area contributed by atoms with Crippen LogP contribution >= 0.6 is 0 Å². The van der Waals surface area contributed by atoms with Gasteiger partial charge in [-0.3, -0.25) is 14.5 Å². The van der Waals surface area contributed by atoms with Gasteiger partial charge in [-0.1, -0.05) is 12.1 Å². The molecule has 0 radical (unpaired) electrons. The highest BCUT2D eigenvalue weighted by Gasteiger charge is 2.38. The molecule has 2 aliphatic heterocycles. The molecule has 1 aromatic heterocycles. The summed E-state index contributed by atoms with van der Waals surface area (Å²) in [5.41, 5.74) is 3.02. The van der Waals surface area contributed by atoms with E-state index in [4.69, 9.17) is 9.15 Å². The molecule has 1 atom stereocenters. The summed E-state index contributed by atoms with van der Waals surface area (Å²) in [6.45, 7) is 5.62. The minimum Gasteiger partial charge on any atom is -0.497 e. The zero-order chi connectivity index (χ0) is 24.5. The van der Waals surface area contributed by atoms with E-state index >= 15 is 0 Å². The Morgan fingerprint density at radius 1 is 1.03 bits per heavy atom. The predicted molar refractivity (Wildman–Crippen MR) is 133 cm³/mol. The Kier molecular flexibility index (Phi) is 6.30. The van der Waals surface area contributed by atoms with Crippen molar-refractivity contribution in [3.8, 4) is 5.75 Å². The topological polar surface area (TPSA) is 83.3 Å². The molecule has 3 heterocycles. The van der Waals surface area contributed by atoms with Gasteiger partial charge in [0.15, 0.2) is 0 Å². The summed E-state index contributed by atoms with van der Waals surface area (Å²) < 4.78 is 10.6. The maximum absolute atomic E-state index is 13.2. The standard InChI is InChI=1S/C27H29N3O5/c1-18-3-8-23-19(15-26(32)35-24(23)13-18)16-28-9-11-29(12-10-28)27(33)20-14-25(31)30(17-20)21-4-6-22(34-2)7-5-21/h3-8,13,15,20H,9-12,14,16-17H2,1-2H3/t20-/m0/s1. The number of methoxy groups -OCH3 is 1. The van der Waals surface area contributed by atoms with Gasteiger partial charge in [-0.25, -0.2) is 4.79 Å². The van der Waals surface area contributed by atoms with Crippen molar-refractivity contribution in [1.29, 1.82) is 0 Å².